The van der Waals surface area contributed by atoms with E-state index < -0.39 is 0 Å². The minimum atomic E-state index is 0.105. The molecule has 0 N–H and O–H groups in total. The Kier molecular flexibility index (Phi) is 5.91. The van der Waals surface area contributed by atoms with Gasteiger partial charge in [0.25, 0.3) is 0 Å². The molecule has 0 heteroatoms. The van der Waals surface area contributed by atoms with Gasteiger partial charge in [0.15, 0.2) is 0 Å². The topological polar surface area (TPSA) is 0 Å². The first-order valence-electron chi connectivity index (χ1n) is 9.40. The summed E-state index contributed by atoms with van der Waals surface area (Å²) in [5.74, 6) is 1.32. The van der Waals surface area contributed by atoms with Crippen LogP contribution in [0.15, 0.2) is 60.7 Å². The quantitative estimate of drug-likeness (QED) is 0.515. The van der Waals surface area contributed by atoms with Crippen molar-refractivity contribution in [1.29, 1.82) is 0 Å². The summed E-state index contributed by atoms with van der Waals surface area (Å²) in [6.45, 7) is 14.4. The average molecular weight is 323 g/mol. The first-order chi connectivity index (χ1) is 11.3. The summed E-state index contributed by atoms with van der Waals surface area (Å²) in [7, 11) is 0. The van der Waals surface area contributed by atoms with Crippen LogP contribution in [-0.4, -0.2) is 0 Å². The summed E-state index contributed by atoms with van der Waals surface area (Å²) in [6.07, 6.45) is 2.38. The second-order valence-corrected chi connectivity index (χ2v) is 8.59. The van der Waals surface area contributed by atoms with Crippen LogP contribution in [0, 0.1) is 11.8 Å². The van der Waals surface area contributed by atoms with Crippen molar-refractivity contribution >= 4 is 0 Å². The predicted octanol–water partition coefficient (Wildman–Crippen LogP) is 6.99. The van der Waals surface area contributed by atoms with Crippen molar-refractivity contribution in [2.24, 2.45) is 11.8 Å². The molecule has 0 saturated heterocycles. The Balaban J connectivity index is 2.65. The highest BCUT2D eigenvalue weighted by atomic mass is 14.5. The van der Waals surface area contributed by atoms with Crippen molar-refractivity contribution in [2.45, 2.75) is 65.2 Å². The summed E-state index contributed by atoms with van der Waals surface area (Å²) >= 11 is 0. The van der Waals surface area contributed by atoms with Gasteiger partial charge in [0.1, 0.15) is 0 Å². The number of hydrogen-bond donors (Lipinski definition) is 0. The largest absolute Gasteiger partial charge is 0.0627 e. The molecular formula is C24H34. The van der Waals surface area contributed by atoms with Crippen molar-refractivity contribution in [3.8, 4) is 0 Å². The fourth-order valence-electron chi connectivity index (χ4n) is 4.57. The highest BCUT2D eigenvalue weighted by Gasteiger charge is 2.47. The van der Waals surface area contributed by atoms with Crippen molar-refractivity contribution in [1.82, 2.24) is 0 Å². The highest BCUT2D eigenvalue weighted by molar-refractivity contribution is 5.38. The van der Waals surface area contributed by atoms with Crippen molar-refractivity contribution in [3.63, 3.8) is 0 Å². The molecule has 2 aromatic carbocycles. The van der Waals surface area contributed by atoms with Gasteiger partial charge in [-0.25, -0.2) is 0 Å². The molecule has 0 aliphatic carbocycles. The number of rotatable bonds is 7. The Morgan fingerprint density at radius 3 is 1.12 bits per heavy atom. The fraction of sp³-hybridized carbons (Fsp3) is 0.500. The van der Waals surface area contributed by atoms with Crippen LogP contribution in [-0.2, 0) is 10.8 Å². The number of hydrogen-bond acceptors (Lipinski definition) is 0. The minimum Gasteiger partial charge on any atom is -0.0627 e. The van der Waals surface area contributed by atoms with E-state index in [-0.39, 0.29) is 10.8 Å². The Labute approximate surface area is 149 Å². The molecular weight excluding hydrogens is 288 g/mol. The Bertz CT molecular complexity index is 554. The fourth-order valence-corrected chi connectivity index (χ4v) is 4.57. The van der Waals surface area contributed by atoms with Crippen LogP contribution in [0.1, 0.15) is 65.5 Å². The first-order valence-corrected chi connectivity index (χ1v) is 9.40. The molecule has 0 spiro atoms. The van der Waals surface area contributed by atoms with Gasteiger partial charge in [0, 0.05) is 10.8 Å². The van der Waals surface area contributed by atoms with Crippen molar-refractivity contribution < 1.29 is 0 Å². The molecule has 2 aromatic rings. The molecule has 130 valence electrons. The lowest BCUT2D eigenvalue weighted by Gasteiger charge is -2.50. The zero-order valence-electron chi connectivity index (χ0n) is 16.3. The van der Waals surface area contributed by atoms with Gasteiger partial charge in [-0.1, -0.05) is 102 Å². The molecule has 24 heavy (non-hydrogen) atoms. The molecule has 0 bridgehead atoms. The van der Waals surface area contributed by atoms with Gasteiger partial charge in [0.05, 0.1) is 0 Å². The van der Waals surface area contributed by atoms with Crippen molar-refractivity contribution in [2.75, 3.05) is 0 Å². The van der Waals surface area contributed by atoms with Gasteiger partial charge >= 0.3 is 0 Å². The van der Waals surface area contributed by atoms with E-state index in [0.29, 0.717) is 11.8 Å². The maximum Gasteiger partial charge on any atom is 0.00214 e. The average Bonchev–Trinajstić information content (AvgIpc) is 2.55. The van der Waals surface area contributed by atoms with Gasteiger partial charge < -0.3 is 0 Å². The molecule has 0 heterocycles. The molecule has 0 radical (unpaired) electrons. The zero-order valence-corrected chi connectivity index (χ0v) is 16.3. The second-order valence-electron chi connectivity index (χ2n) is 8.59. The summed E-state index contributed by atoms with van der Waals surface area (Å²) in [4.78, 5) is 0. The minimum absolute atomic E-state index is 0.105. The standard InChI is InChI=1S/C24H34/c1-19(2)17-23(5,21-13-9-7-10-14-21)24(6,18-20(3)4)22-15-11-8-12-16-22/h7-16,19-20H,17-18H2,1-6H3. The smallest absolute Gasteiger partial charge is 0.00214 e. The maximum atomic E-state index is 2.48. The molecule has 0 saturated carbocycles. The maximum absolute atomic E-state index is 2.48. The third-order valence-corrected chi connectivity index (χ3v) is 5.67. The Morgan fingerprint density at radius 2 is 0.875 bits per heavy atom. The van der Waals surface area contributed by atoms with E-state index in [2.05, 4.69) is 102 Å². The molecule has 2 unspecified atom stereocenters. The monoisotopic (exact) mass is 322 g/mol. The lowest BCUT2D eigenvalue weighted by molar-refractivity contribution is 0.179. The third-order valence-electron chi connectivity index (χ3n) is 5.67. The van der Waals surface area contributed by atoms with Gasteiger partial charge in [0.2, 0.25) is 0 Å². The van der Waals surface area contributed by atoms with Crippen LogP contribution in [0.4, 0.5) is 0 Å². The van der Waals surface area contributed by atoms with Crippen LogP contribution < -0.4 is 0 Å². The van der Waals surface area contributed by atoms with E-state index in [9.17, 15) is 0 Å². The van der Waals surface area contributed by atoms with E-state index in [0.717, 1.165) is 0 Å². The zero-order chi connectivity index (χ0) is 17.8. The van der Waals surface area contributed by atoms with E-state index in [1.807, 2.05) is 0 Å². The second kappa shape index (κ2) is 7.55. The van der Waals surface area contributed by atoms with Crippen molar-refractivity contribution in [3.05, 3.63) is 71.8 Å². The molecule has 0 aliphatic heterocycles. The predicted molar refractivity (Wildman–Crippen MR) is 106 cm³/mol. The summed E-state index contributed by atoms with van der Waals surface area (Å²) in [6, 6.07) is 22.3. The molecule has 0 fully saturated rings. The van der Waals surface area contributed by atoms with Crippen LogP contribution >= 0.6 is 0 Å². The van der Waals surface area contributed by atoms with E-state index in [1.165, 1.54) is 24.0 Å². The number of benzene rings is 2. The molecule has 0 nitrogen and oxygen atoms in total. The summed E-state index contributed by atoms with van der Waals surface area (Å²) in [5.41, 5.74) is 3.14. The highest BCUT2D eigenvalue weighted by Crippen LogP contribution is 2.51. The molecule has 0 aromatic heterocycles. The van der Waals surface area contributed by atoms with Gasteiger partial charge in [-0.2, -0.15) is 0 Å². The Hall–Kier alpha value is -1.56. The molecule has 2 atom stereocenters. The summed E-state index contributed by atoms with van der Waals surface area (Å²) in [5, 5.41) is 0. The van der Waals surface area contributed by atoms with Gasteiger partial charge in [-0.15, -0.1) is 0 Å². The van der Waals surface area contributed by atoms with E-state index in [1.54, 1.807) is 0 Å². The van der Waals surface area contributed by atoms with Crippen LogP contribution in [0.3, 0.4) is 0 Å². The molecule has 0 amide bonds. The molecule has 0 aliphatic rings. The van der Waals surface area contributed by atoms with Gasteiger partial charge in [-0.05, 0) is 35.8 Å². The van der Waals surface area contributed by atoms with Gasteiger partial charge in [-0.3, -0.25) is 0 Å². The third kappa shape index (κ3) is 3.74. The SMILES string of the molecule is CC(C)CC(C)(c1ccccc1)C(C)(CC(C)C)c1ccccc1. The first kappa shape index (κ1) is 18.8. The van der Waals surface area contributed by atoms with Crippen LogP contribution in [0.2, 0.25) is 0 Å². The van der Waals surface area contributed by atoms with Crippen LogP contribution in [0.5, 0.6) is 0 Å². The van der Waals surface area contributed by atoms with E-state index >= 15 is 0 Å². The lowest BCUT2D eigenvalue weighted by atomic mass is 9.54. The Morgan fingerprint density at radius 1 is 0.583 bits per heavy atom. The normalized spacial score (nSPS) is 16.8. The molecule has 2 rings (SSSR count). The lowest BCUT2D eigenvalue weighted by Crippen LogP contribution is -2.47. The van der Waals surface area contributed by atoms with E-state index in [4.69, 9.17) is 0 Å². The van der Waals surface area contributed by atoms with Crippen LogP contribution in [0.25, 0.3) is 0 Å². The summed E-state index contributed by atoms with van der Waals surface area (Å²) < 4.78 is 0.